The molecule has 1 heterocycles. The molecule has 0 atom stereocenters. The van der Waals surface area contributed by atoms with Gasteiger partial charge in [0.05, 0.1) is 22.6 Å². The van der Waals surface area contributed by atoms with E-state index in [4.69, 9.17) is 4.74 Å². The van der Waals surface area contributed by atoms with E-state index in [1.165, 1.54) is 0 Å². The molecule has 0 spiro atoms. The molecule has 24 heavy (non-hydrogen) atoms. The van der Waals surface area contributed by atoms with Gasteiger partial charge in [-0.25, -0.2) is 4.98 Å². The largest absolute Gasteiger partial charge is 0.490 e. The average Bonchev–Trinajstić information content (AvgIpc) is 2.54. The average molecular weight is 324 g/mol. The summed E-state index contributed by atoms with van der Waals surface area (Å²) in [5.74, 6) is 0.824. The summed E-state index contributed by atoms with van der Waals surface area (Å²) in [6, 6.07) is 11.8. The molecule has 3 N–H and O–H groups in total. The molecule has 0 unspecified atom stereocenters. The lowest BCUT2D eigenvalue weighted by Crippen LogP contribution is -2.30. The Morgan fingerprint density at radius 3 is 2.62 bits per heavy atom. The lowest BCUT2D eigenvalue weighted by Gasteiger charge is -2.15. The van der Waals surface area contributed by atoms with Gasteiger partial charge in [-0.1, -0.05) is 18.2 Å². The number of para-hydroxylation sites is 1. The van der Waals surface area contributed by atoms with Gasteiger partial charge in [0.15, 0.2) is 0 Å². The van der Waals surface area contributed by atoms with Crippen molar-refractivity contribution in [3.63, 3.8) is 0 Å². The Kier molecular flexibility index (Phi) is 4.37. The van der Waals surface area contributed by atoms with Gasteiger partial charge in [0, 0.05) is 0 Å². The first-order valence-electron chi connectivity index (χ1n) is 7.62. The van der Waals surface area contributed by atoms with Crippen LogP contribution in [0.15, 0.2) is 47.3 Å². The van der Waals surface area contributed by atoms with Gasteiger partial charge in [0.1, 0.15) is 11.6 Å². The van der Waals surface area contributed by atoms with Crippen LogP contribution in [-0.2, 0) is 0 Å². The minimum Gasteiger partial charge on any atom is -0.490 e. The van der Waals surface area contributed by atoms with Gasteiger partial charge in [-0.2, -0.15) is 0 Å². The van der Waals surface area contributed by atoms with Crippen LogP contribution < -0.4 is 15.8 Å². The standard InChI is InChI=1S/C17H17BN2O4/c1-10(2)24-15-8-7-11(18(22)23)9-13(15)16-19-14-6-4-3-5-12(14)17(21)20-16/h3-10,22-23H,1-2H3,(H,19,20,21). The maximum atomic E-state index is 12.3. The number of nitrogens with one attached hydrogen (secondary N) is 1. The van der Waals surface area contributed by atoms with Gasteiger partial charge in [0.25, 0.3) is 5.56 Å². The highest BCUT2D eigenvalue weighted by atomic mass is 16.5. The molecule has 6 nitrogen and oxygen atoms in total. The molecule has 0 saturated carbocycles. The van der Waals surface area contributed by atoms with Crippen molar-refractivity contribution in [1.82, 2.24) is 9.97 Å². The first-order valence-corrected chi connectivity index (χ1v) is 7.62. The number of aromatic nitrogens is 2. The number of rotatable bonds is 4. The Bertz CT molecular complexity index is 937. The predicted molar refractivity (Wildman–Crippen MR) is 93.4 cm³/mol. The van der Waals surface area contributed by atoms with Crippen LogP contribution in [0.25, 0.3) is 22.3 Å². The summed E-state index contributed by atoms with van der Waals surface area (Å²) in [4.78, 5) is 19.5. The van der Waals surface area contributed by atoms with Crippen molar-refractivity contribution in [3.8, 4) is 17.1 Å². The Morgan fingerprint density at radius 2 is 1.92 bits per heavy atom. The third-order valence-electron chi connectivity index (χ3n) is 3.53. The zero-order chi connectivity index (χ0) is 17.3. The molecule has 0 aliphatic rings. The van der Waals surface area contributed by atoms with Crippen molar-refractivity contribution >= 4 is 23.5 Å². The summed E-state index contributed by atoms with van der Waals surface area (Å²) in [6.07, 6.45) is -0.0826. The highest BCUT2D eigenvalue weighted by Gasteiger charge is 2.18. The normalized spacial score (nSPS) is 11.0. The molecule has 3 rings (SSSR count). The fraction of sp³-hybridized carbons (Fsp3) is 0.176. The molecule has 0 aliphatic heterocycles. The molecule has 0 amide bonds. The summed E-state index contributed by atoms with van der Waals surface area (Å²) in [6.45, 7) is 3.77. The van der Waals surface area contributed by atoms with Crippen molar-refractivity contribution in [1.29, 1.82) is 0 Å². The number of ether oxygens (including phenoxy) is 1. The van der Waals surface area contributed by atoms with E-state index in [1.54, 1.807) is 42.5 Å². The van der Waals surface area contributed by atoms with E-state index in [9.17, 15) is 14.8 Å². The summed E-state index contributed by atoms with van der Waals surface area (Å²) in [5.41, 5.74) is 1.08. The number of benzene rings is 2. The molecule has 122 valence electrons. The number of aromatic amines is 1. The van der Waals surface area contributed by atoms with Gasteiger partial charge >= 0.3 is 7.12 Å². The molecular weight excluding hydrogens is 307 g/mol. The highest BCUT2D eigenvalue weighted by Crippen LogP contribution is 2.27. The first-order chi connectivity index (χ1) is 11.5. The lowest BCUT2D eigenvalue weighted by molar-refractivity contribution is 0.243. The summed E-state index contributed by atoms with van der Waals surface area (Å²) in [5, 5.41) is 19.3. The molecule has 3 aromatic rings. The zero-order valence-electron chi connectivity index (χ0n) is 13.4. The van der Waals surface area contributed by atoms with E-state index in [-0.39, 0.29) is 17.1 Å². The van der Waals surface area contributed by atoms with Gasteiger partial charge in [-0.15, -0.1) is 0 Å². The molecule has 2 aromatic carbocycles. The van der Waals surface area contributed by atoms with Gasteiger partial charge in [-0.3, -0.25) is 4.79 Å². The molecule has 0 fully saturated rings. The van der Waals surface area contributed by atoms with Crippen LogP contribution in [0.1, 0.15) is 13.8 Å². The topological polar surface area (TPSA) is 95.4 Å². The van der Waals surface area contributed by atoms with Crippen LogP contribution >= 0.6 is 0 Å². The fourth-order valence-electron chi connectivity index (χ4n) is 2.46. The second-order valence-electron chi connectivity index (χ2n) is 5.73. The Balaban J connectivity index is 2.23. The quantitative estimate of drug-likeness (QED) is 0.624. The smallest absolute Gasteiger partial charge is 0.488 e. The van der Waals surface area contributed by atoms with Crippen LogP contribution in [0.5, 0.6) is 5.75 Å². The first kappa shape index (κ1) is 16.2. The monoisotopic (exact) mass is 324 g/mol. The Labute approximate surface area is 138 Å². The van der Waals surface area contributed by atoms with Crippen molar-refractivity contribution in [2.75, 3.05) is 0 Å². The SMILES string of the molecule is CC(C)Oc1ccc(B(O)O)cc1-c1nc2ccccc2c(=O)[nH]1. The van der Waals surface area contributed by atoms with E-state index in [2.05, 4.69) is 9.97 Å². The summed E-state index contributed by atoms with van der Waals surface area (Å²) >= 11 is 0. The summed E-state index contributed by atoms with van der Waals surface area (Å²) < 4.78 is 5.76. The van der Waals surface area contributed by atoms with Crippen LogP contribution in [0.4, 0.5) is 0 Å². The van der Waals surface area contributed by atoms with E-state index < -0.39 is 7.12 Å². The van der Waals surface area contributed by atoms with E-state index in [0.29, 0.717) is 28.0 Å². The number of H-pyrrole nitrogens is 1. The van der Waals surface area contributed by atoms with E-state index in [0.717, 1.165) is 0 Å². The zero-order valence-corrected chi connectivity index (χ0v) is 13.4. The van der Waals surface area contributed by atoms with Crippen molar-refractivity contribution in [2.24, 2.45) is 0 Å². The Hall–Kier alpha value is -2.64. The molecule has 0 aliphatic carbocycles. The number of fused-ring (bicyclic) bond motifs is 1. The maximum absolute atomic E-state index is 12.3. The van der Waals surface area contributed by atoms with Crippen LogP contribution in [0.3, 0.4) is 0 Å². The van der Waals surface area contributed by atoms with Crippen LogP contribution in [0.2, 0.25) is 0 Å². The van der Waals surface area contributed by atoms with Crippen molar-refractivity contribution in [2.45, 2.75) is 20.0 Å². The molecule has 1 aromatic heterocycles. The predicted octanol–water partition coefficient (Wildman–Crippen LogP) is 1.06. The van der Waals surface area contributed by atoms with E-state index >= 15 is 0 Å². The highest BCUT2D eigenvalue weighted by molar-refractivity contribution is 6.58. The fourth-order valence-corrected chi connectivity index (χ4v) is 2.46. The molecule has 7 heteroatoms. The third-order valence-corrected chi connectivity index (χ3v) is 3.53. The molecule has 0 bridgehead atoms. The minimum absolute atomic E-state index is 0.0826. The lowest BCUT2D eigenvalue weighted by atomic mass is 9.79. The third kappa shape index (κ3) is 3.17. The van der Waals surface area contributed by atoms with Crippen LogP contribution in [-0.4, -0.2) is 33.2 Å². The summed E-state index contributed by atoms with van der Waals surface area (Å²) in [7, 11) is -1.62. The molecular formula is C17H17BN2O4. The van der Waals surface area contributed by atoms with Crippen molar-refractivity contribution < 1.29 is 14.8 Å². The Morgan fingerprint density at radius 1 is 1.17 bits per heavy atom. The second-order valence-corrected chi connectivity index (χ2v) is 5.73. The second kappa shape index (κ2) is 6.47. The van der Waals surface area contributed by atoms with E-state index in [1.807, 2.05) is 13.8 Å². The van der Waals surface area contributed by atoms with Gasteiger partial charge in [-0.05, 0) is 43.6 Å². The van der Waals surface area contributed by atoms with Gasteiger partial charge in [0.2, 0.25) is 0 Å². The van der Waals surface area contributed by atoms with Crippen LogP contribution in [0, 0.1) is 0 Å². The number of nitrogens with zero attached hydrogens (tertiary/aromatic N) is 1. The van der Waals surface area contributed by atoms with Crippen molar-refractivity contribution in [3.05, 3.63) is 52.8 Å². The minimum atomic E-state index is -1.62. The maximum Gasteiger partial charge on any atom is 0.488 e. The molecule has 0 saturated heterocycles. The van der Waals surface area contributed by atoms with Gasteiger partial charge < -0.3 is 19.8 Å². The number of hydrogen-bond donors (Lipinski definition) is 3. The number of hydrogen-bond acceptors (Lipinski definition) is 5. The molecule has 0 radical (unpaired) electrons.